The number of nitrogens with one attached hydrogen (secondary N) is 2. The summed E-state index contributed by atoms with van der Waals surface area (Å²) in [6.07, 6.45) is 1.53. The summed E-state index contributed by atoms with van der Waals surface area (Å²) in [6, 6.07) is 15.0. The number of aromatic amines is 1. The topological polar surface area (TPSA) is 78.1 Å². The first-order valence-corrected chi connectivity index (χ1v) is 8.32. The fourth-order valence-corrected chi connectivity index (χ4v) is 3.09. The minimum absolute atomic E-state index is 0.178. The molecule has 0 atom stereocenters. The summed E-state index contributed by atoms with van der Waals surface area (Å²) in [5.74, 6) is 0.372. The Morgan fingerprint density at radius 3 is 2.88 bits per heavy atom. The molecular weight excluding hydrogens is 316 g/mol. The zero-order chi connectivity index (χ0) is 17.2. The second-order valence-electron chi connectivity index (χ2n) is 6.18. The van der Waals surface area contributed by atoms with E-state index in [2.05, 4.69) is 15.3 Å². The fraction of sp³-hybridized carbons (Fsp3) is 0.211. The number of carbonyl (C=O) groups excluding carboxylic acids is 2. The molecule has 2 N–H and O–H groups in total. The average Bonchev–Trinajstić information content (AvgIpc) is 3.21. The largest absolute Gasteiger partial charge is 0.338 e. The van der Waals surface area contributed by atoms with E-state index in [-0.39, 0.29) is 11.8 Å². The van der Waals surface area contributed by atoms with Crippen molar-refractivity contribution in [3.8, 4) is 0 Å². The highest BCUT2D eigenvalue weighted by Gasteiger charge is 2.20. The Morgan fingerprint density at radius 1 is 1.20 bits per heavy atom. The molecule has 0 bridgehead atoms. The number of aromatic nitrogens is 2. The standard InChI is InChI=1S/C19H18N4O2/c24-17-9-4-10-23(17)12-13-5-3-6-14(11-13)18(25)22-19-20-15-7-1-2-8-16(15)21-19/h1-3,5-8,11H,4,9-10,12H2,(H2,20,21,22,25). The molecule has 2 heterocycles. The minimum atomic E-state index is -0.228. The molecule has 1 aliphatic heterocycles. The van der Waals surface area contributed by atoms with Crippen LogP contribution in [0.5, 0.6) is 0 Å². The van der Waals surface area contributed by atoms with Gasteiger partial charge in [-0.3, -0.25) is 14.9 Å². The van der Waals surface area contributed by atoms with Crippen LogP contribution >= 0.6 is 0 Å². The highest BCUT2D eigenvalue weighted by molar-refractivity contribution is 6.04. The quantitative estimate of drug-likeness (QED) is 0.770. The van der Waals surface area contributed by atoms with Crippen molar-refractivity contribution >= 4 is 28.8 Å². The zero-order valence-corrected chi connectivity index (χ0v) is 13.7. The fourth-order valence-electron chi connectivity index (χ4n) is 3.09. The van der Waals surface area contributed by atoms with E-state index < -0.39 is 0 Å². The molecular formula is C19H18N4O2. The van der Waals surface area contributed by atoms with Crippen LogP contribution in [0.25, 0.3) is 11.0 Å². The number of hydrogen-bond donors (Lipinski definition) is 2. The van der Waals surface area contributed by atoms with Gasteiger partial charge in [-0.05, 0) is 36.2 Å². The average molecular weight is 334 g/mol. The molecule has 4 rings (SSSR count). The lowest BCUT2D eigenvalue weighted by atomic mass is 10.1. The first-order chi connectivity index (χ1) is 12.2. The second-order valence-corrected chi connectivity index (χ2v) is 6.18. The van der Waals surface area contributed by atoms with Gasteiger partial charge in [-0.1, -0.05) is 24.3 Å². The predicted octanol–water partition coefficient (Wildman–Crippen LogP) is 2.94. The third-order valence-electron chi connectivity index (χ3n) is 4.36. The number of benzene rings is 2. The van der Waals surface area contributed by atoms with Crippen LogP contribution in [-0.2, 0) is 11.3 Å². The van der Waals surface area contributed by atoms with Gasteiger partial charge in [0, 0.05) is 25.1 Å². The molecule has 1 fully saturated rings. The van der Waals surface area contributed by atoms with Crippen LogP contribution in [0.15, 0.2) is 48.5 Å². The number of amides is 2. The van der Waals surface area contributed by atoms with Gasteiger partial charge >= 0.3 is 0 Å². The highest BCUT2D eigenvalue weighted by Crippen LogP contribution is 2.17. The van der Waals surface area contributed by atoms with Gasteiger partial charge in [-0.25, -0.2) is 4.98 Å². The lowest BCUT2D eigenvalue weighted by Crippen LogP contribution is -2.24. The van der Waals surface area contributed by atoms with E-state index >= 15 is 0 Å². The van der Waals surface area contributed by atoms with Crippen molar-refractivity contribution in [3.63, 3.8) is 0 Å². The SMILES string of the molecule is O=C(Nc1nc2ccccc2[nH]1)c1cccc(CN2CCCC2=O)c1. The van der Waals surface area contributed by atoms with Crippen LogP contribution in [0.4, 0.5) is 5.95 Å². The number of anilines is 1. The van der Waals surface area contributed by atoms with Crippen molar-refractivity contribution in [2.45, 2.75) is 19.4 Å². The Hall–Kier alpha value is -3.15. The lowest BCUT2D eigenvalue weighted by molar-refractivity contribution is -0.128. The van der Waals surface area contributed by atoms with Gasteiger partial charge in [0.2, 0.25) is 11.9 Å². The third-order valence-corrected chi connectivity index (χ3v) is 4.36. The van der Waals surface area contributed by atoms with Crippen molar-refractivity contribution in [1.82, 2.24) is 14.9 Å². The van der Waals surface area contributed by atoms with Crippen LogP contribution in [0.3, 0.4) is 0 Å². The van der Waals surface area contributed by atoms with Gasteiger partial charge in [0.05, 0.1) is 11.0 Å². The Bertz CT molecular complexity index is 914. The van der Waals surface area contributed by atoms with E-state index in [1.54, 1.807) is 6.07 Å². The van der Waals surface area contributed by atoms with Crippen molar-refractivity contribution in [2.75, 3.05) is 11.9 Å². The van der Waals surface area contributed by atoms with E-state index in [0.717, 1.165) is 29.6 Å². The number of fused-ring (bicyclic) bond motifs is 1. The summed E-state index contributed by atoms with van der Waals surface area (Å²) in [5.41, 5.74) is 3.18. The Labute approximate surface area is 144 Å². The number of likely N-dealkylation sites (tertiary alicyclic amines) is 1. The van der Waals surface area contributed by atoms with E-state index in [9.17, 15) is 9.59 Å². The maximum atomic E-state index is 12.5. The minimum Gasteiger partial charge on any atom is -0.338 e. The van der Waals surface area contributed by atoms with Gasteiger partial charge in [0.1, 0.15) is 0 Å². The smallest absolute Gasteiger partial charge is 0.257 e. The highest BCUT2D eigenvalue weighted by atomic mass is 16.2. The van der Waals surface area contributed by atoms with Crippen LogP contribution in [0, 0.1) is 0 Å². The van der Waals surface area contributed by atoms with E-state index in [0.29, 0.717) is 24.5 Å². The number of carbonyl (C=O) groups is 2. The van der Waals surface area contributed by atoms with Crippen molar-refractivity contribution in [1.29, 1.82) is 0 Å². The van der Waals surface area contributed by atoms with Crippen LogP contribution in [0.2, 0.25) is 0 Å². The maximum Gasteiger partial charge on any atom is 0.257 e. The molecule has 0 saturated carbocycles. The third kappa shape index (κ3) is 3.24. The molecule has 126 valence electrons. The molecule has 0 unspecified atom stereocenters. The number of imidazole rings is 1. The molecule has 3 aromatic rings. The van der Waals surface area contributed by atoms with Gasteiger partial charge in [-0.15, -0.1) is 0 Å². The van der Waals surface area contributed by atoms with E-state index in [1.165, 1.54) is 0 Å². The molecule has 0 radical (unpaired) electrons. The lowest BCUT2D eigenvalue weighted by Gasteiger charge is -2.15. The molecule has 0 spiro atoms. The van der Waals surface area contributed by atoms with Crippen molar-refractivity contribution in [2.24, 2.45) is 0 Å². The zero-order valence-electron chi connectivity index (χ0n) is 13.7. The van der Waals surface area contributed by atoms with Crippen LogP contribution in [-0.4, -0.2) is 33.2 Å². The number of rotatable bonds is 4. The number of hydrogen-bond acceptors (Lipinski definition) is 3. The number of nitrogens with zero attached hydrogens (tertiary/aromatic N) is 2. The molecule has 1 aliphatic rings. The van der Waals surface area contributed by atoms with Crippen LogP contribution < -0.4 is 5.32 Å². The summed E-state index contributed by atoms with van der Waals surface area (Å²) < 4.78 is 0. The van der Waals surface area contributed by atoms with Crippen molar-refractivity contribution < 1.29 is 9.59 Å². The number of para-hydroxylation sites is 2. The monoisotopic (exact) mass is 334 g/mol. The molecule has 1 saturated heterocycles. The first-order valence-electron chi connectivity index (χ1n) is 8.32. The molecule has 6 nitrogen and oxygen atoms in total. The van der Waals surface area contributed by atoms with Gasteiger partial charge in [0.15, 0.2) is 0 Å². The van der Waals surface area contributed by atoms with Gasteiger partial charge < -0.3 is 9.88 Å². The van der Waals surface area contributed by atoms with Gasteiger partial charge in [0.25, 0.3) is 5.91 Å². The molecule has 25 heavy (non-hydrogen) atoms. The Kier molecular flexibility index (Phi) is 3.93. The molecule has 2 aromatic carbocycles. The second kappa shape index (κ2) is 6.39. The van der Waals surface area contributed by atoms with Crippen molar-refractivity contribution in [3.05, 3.63) is 59.7 Å². The summed E-state index contributed by atoms with van der Waals surface area (Å²) in [7, 11) is 0. The number of H-pyrrole nitrogens is 1. The Balaban J connectivity index is 1.49. The summed E-state index contributed by atoms with van der Waals surface area (Å²) >= 11 is 0. The van der Waals surface area contributed by atoms with E-state index in [1.807, 2.05) is 47.4 Å². The van der Waals surface area contributed by atoms with Gasteiger partial charge in [-0.2, -0.15) is 0 Å². The molecule has 6 heteroatoms. The summed E-state index contributed by atoms with van der Waals surface area (Å²) in [4.78, 5) is 33.5. The normalized spacial score (nSPS) is 14.2. The molecule has 1 aromatic heterocycles. The Morgan fingerprint density at radius 2 is 2.08 bits per heavy atom. The van der Waals surface area contributed by atoms with Crippen LogP contribution in [0.1, 0.15) is 28.8 Å². The van der Waals surface area contributed by atoms with E-state index in [4.69, 9.17) is 0 Å². The predicted molar refractivity (Wildman–Crippen MR) is 95.1 cm³/mol. The first kappa shape index (κ1) is 15.4. The molecule has 0 aliphatic carbocycles. The summed E-state index contributed by atoms with van der Waals surface area (Å²) in [6.45, 7) is 1.33. The summed E-state index contributed by atoms with van der Waals surface area (Å²) in [5, 5.41) is 2.79. The molecule has 2 amide bonds. The maximum absolute atomic E-state index is 12.5.